The van der Waals surface area contributed by atoms with E-state index in [4.69, 9.17) is 0 Å². The van der Waals surface area contributed by atoms with Gasteiger partial charge in [0.25, 0.3) is 0 Å². The molecule has 0 radical (unpaired) electrons. The molecule has 0 amide bonds. The van der Waals surface area contributed by atoms with Crippen molar-refractivity contribution in [2.75, 3.05) is 26.2 Å². The average molecular weight is 246 g/mol. The molecule has 1 aliphatic rings. The number of likely N-dealkylation sites (tertiary alicyclic amines) is 1. The molecule has 0 unspecified atom stereocenters. The van der Waals surface area contributed by atoms with E-state index in [-0.39, 0.29) is 0 Å². The Morgan fingerprint density at radius 2 is 2.00 bits per heavy atom. The van der Waals surface area contributed by atoms with Crippen LogP contribution in [0.3, 0.4) is 0 Å². The number of benzene rings is 1. The standard InChI is InChI=1S/C16H26N2/c1-16(2)9-6-11-18(14-16)12-10-17-13-15-7-4-3-5-8-15/h3-5,7-8,17H,6,9-14H2,1-2H3. The maximum absolute atomic E-state index is 3.53. The van der Waals surface area contributed by atoms with E-state index in [1.54, 1.807) is 0 Å². The first-order valence-corrected chi connectivity index (χ1v) is 7.13. The summed E-state index contributed by atoms with van der Waals surface area (Å²) in [7, 11) is 0. The SMILES string of the molecule is CC1(C)CCCN(CCNCc2ccccc2)C1. The molecule has 0 aliphatic carbocycles. The van der Waals surface area contributed by atoms with Crippen LogP contribution in [0.5, 0.6) is 0 Å². The molecule has 1 aromatic rings. The van der Waals surface area contributed by atoms with E-state index in [2.05, 4.69) is 54.4 Å². The zero-order valence-corrected chi connectivity index (χ0v) is 11.8. The molecule has 1 aromatic carbocycles. The van der Waals surface area contributed by atoms with E-state index >= 15 is 0 Å². The number of hydrogen-bond acceptors (Lipinski definition) is 2. The van der Waals surface area contributed by atoms with Gasteiger partial charge in [-0.25, -0.2) is 0 Å². The predicted octanol–water partition coefficient (Wildman–Crippen LogP) is 2.90. The van der Waals surface area contributed by atoms with E-state index in [9.17, 15) is 0 Å². The Bertz CT molecular complexity index is 345. The first-order chi connectivity index (χ1) is 8.66. The summed E-state index contributed by atoms with van der Waals surface area (Å²) in [4.78, 5) is 2.60. The van der Waals surface area contributed by atoms with Crippen LogP contribution in [-0.4, -0.2) is 31.1 Å². The zero-order chi connectivity index (χ0) is 12.8. The third-order valence-corrected chi connectivity index (χ3v) is 3.76. The van der Waals surface area contributed by atoms with Crippen LogP contribution in [0.4, 0.5) is 0 Å². The minimum Gasteiger partial charge on any atom is -0.311 e. The smallest absolute Gasteiger partial charge is 0.0206 e. The summed E-state index contributed by atoms with van der Waals surface area (Å²) in [5.41, 5.74) is 1.88. The second-order valence-corrected chi connectivity index (χ2v) is 6.21. The summed E-state index contributed by atoms with van der Waals surface area (Å²) in [5, 5.41) is 3.53. The fraction of sp³-hybridized carbons (Fsp3) is 0.625. The monoisotopic (exact) mass is 246 g/mol. The summed E-state index contributed by atoms with van der Waals surface area (Å²) in [5.74, 6) is 0. The summed E-state index contributed by atoms with van der Waals surface area (Å²) in [6.45, 7) is 10.5. The highest BCUT2D eigenvalue weighted by Gasteiger charge is 2.25. The Morgan fingerprint density at radius 3 is 2.72 bits per heavy atom. The van der Waals surface area contributed by atoms with Gasteiger partial charge in [0.1, 0.15) is 0 Å². The Morgan fingerprint density at radius 1 is 1.22 bits per heavy atom. The van der Waals surface area contributed by atoms with Gasteiger partial charge in [0.2, 0.25) is 0 Å². The van der Waals surface area contributed by atoms with Crippen molar-refractivity contribution in [2.45, 2.75) is 33.2 Å². The van der Waals surface area contributed by atoms with E-state index in [0.717, 1.165) is 13.1 Å². The van der Waals surface area contributed by atoms with Crippen LogP contribution in [0, 0.1) is 5.41 Å². The fourth-order valence-corrected chi connectivity index (χ4v) is 2.80. The van der Waals surface area contributed by atoms with Gasteiger partial charge in [-0.05, 0) is 30.4 Å². The molecule has 100 valence electrons. The third kappa shape index (κ3) is 4.43. The lowest BCUT2D eigenvalue weighted by Gasteiger charge is -2.38. The molecule has 1 fully saturated rings. The molecule has 1 heterocycles. The lowest BCUT2D eigenvalue weighted by molar-refractivity contribution is 0.118. The van der Waals surface area contributed by atoms with Crippen molar-refractivity contribution in [3.63, 3.8) is 0 Å². The highest BCUT2D eigenvalue weighted by molar-refractivity contribution is 5.14. The normalized spacial score (nSPS) is 19.9. The van der Waals surface area contributed by atoms with E-state index in [0.29, 0.717) is 5.41 Å². The number of rotatable bonds is 5. The highest BCUT2D eigenvalue weighted by Crippen LogP contribution is 2.27. The Balaban J connectivity index is 1.64. The molecule has 18 heavy (non-hydrogen) atoms. The van der Waals surface area contributed by atoms with Crippen molar-refractivity contribution in [2.24, 2.45) is 5.41 Å². The number of nitrogens with zero attached hydrogens (tertiary/aromatic N) is 1. The van der Waals surface area contributed by atoms with Crippen LogP contribution >= 0.6 is 0 Å². The molecule has 0 bridgehead atoms. The van der Waals surface area contributed by atoms with Gasteiger partial charge in [-0.3, -0.25) is 0 Å². The summed E-state index contributed by atoms with van der Waals surface area (Å²) >= 11 is 0. The van der Waals surface area contributed by atoms with E-state index in [1.165, 1.54) is 38.0 Å². The minimum absolute atomic E-state index is 0.512. The first kappa shape index (κ1) is 13.6. The van der Waals surface area contributed by atoms with E-state index in [1.807, 2.05) is 0 Å². The predicted molar refractivity (Wildman–Crippen MR) is 77.6 cm³/mol. The van der Waals surface area contributed by atoms with Gasteiger partial charge in [0.05, 0.1) is 0 Å². The van der Waals surface area contributed by atoms with Crippen LogP contribution < -0.4 is 5.32 Å². The van der Waals surface area contributed by atoms with Gasteiger partial charge in [-0.1, -0.05) is 44.2 Å². The van der Waals surface area contributed by atoms with Crippen LogP contribution in [-0.2, 0) is 6.54 Å². The second-order valence-electron chi connectivity index (χ2n) is 6.21. The molecule has 2 nitrogen and oxygen atoms in total. The quantitative estimate of drug-likeness (QED) is 0.804. The summed E-state index contributed by atoms with van der Waals surface area (Å²) < 4.78 is 0. The molecular formula is C16H26N2. The van der Waals surface area contributed by atoms with Crippen LogP contribution in [0.25, 0.3) is 0 Å². The van der Waals surface area contributed by atoms with Gasteiger partial charge in [-0.15, -0.1) is 0 Å². The lowest BCUT2D eigenvalue weighted by Crippen LogP contribution is -2.42. The van der Waals surface area contributed by atoms with Gasteiger partial charge in [-0.2, -0.15) is 0 Å². The Kier molecular flexibility index (Phi) is 4.79. The van der Waals surface area contributed by atoms with Gasteiger partial charge >= 0.3 is 0 Å². The molecule has 0 spiro atoms. The van der Waals surface area contributed by atoms with Crippen molar-refractivity contribution >= 4 is 0 Å². The topological polar surface area (TPSA) is 15.3 Å². The molecule has 2 heteroatoms. The van der Waals surface area contributed by atoms with Crippen molar-refractivity contribution in [1.29, 1.82) is 0 Å². The fourth-order valence-electron chi connectivity index (χ4n) is 2.80. The largest absolute Gasteiger partial charge is 0.311 e. The van der Waals surface area contributed by atoms with E-state index < -0.39 is 0 Å². The molecule has 1 aliphatic heterocycles. The summed E-state index contributed by atoms with van der Waals surface area (Å²) in [6.07, 6.45) is 2.73. The van der Waals surface area contributed by atoms with Crippen LogP contribution in [0.15, 0.2) is 30.3 Å². The second kappa shape index (κ2) is 6.35. The molecule has 1 N–H and O–H groups in total. The molecule has 0 atom stereocenters. The Hall–Kier alpha value is -0.860. The average Bonchev–Trinajstić information content (AvgIpc) is 2.35. The van der Waals surface area contributed by atoms with Gasteiger partial charge in [0, 0.05) is 26.2 Å². The Labute approximate surface area is 111 Å². The van der Waals surface area contributed by atoms with Gasteiger partial charge < -0.3 is 10.2 Å². The minimum atomic E-state index is 0.512. The maximum Gasteiger partial charge on any atom is 0.0206 e. The van der Waals surface area contributed by atoms with Crippen molar-refractivity contribution in [3.8, 4) is 0 Å². The molecule has 2 rings (SSSR count). The summed E-state index contributed by atoms with van der Waals surface area (Å²) in [6, 6.07) is 10.6. The first-order valence-electron chi connectivity index (χ1n) is 7.13. The molecule has 0 saturated carbocycles. The van der Waals surface area contributed by atoms with Crippen molar-refractivity contribution in [3.05, 3.63) is 35.9 Å². The zero-order valence-electron chi connectivity index (χ0n) is 11.8. The maximum atomic E-state index is 3.53. The molecular weight excluding hydrogens is 220 g/mol. The van der Waals surface area contributed by atoms with Crippen molar-refractivity contribution < 1.29 is 0 Å². The van der Waals surface area contributed by atoms with Crippen LogP contribution in [0.1, 0.15) is 32.3 Å². The number of hydrogen-bond donors (Lipinski definition) is 1. The number of nitrogens with one attached hydrogen (secondary N) is 1. The van der Waals surface area contributed by atoms with Crippen LogP contribution in [0.2, 0.25) is 0 Å². The van der Waals surface area contributed by atoms with Crippen molar-refractivity contribution in [1.82, 2.24) is 10.2 Å². The third-order valence-electron chi connectivity index (χ3n) is 3.76. The highest BCUT2D eigenvalue weighted by atomic mass is 15.1. The van der Waals surface area contributed by atoms with Gasteiger partial charge in [0.15, 0.2) is 0 Å². The lowest BCUT2D eigenvalue weighted by atomic mass is 9.84. The molecule has 1 saturated heterocycles. The number of piperidine rings is 1. The molecule has 0 aromatic heterocycles.